The summed E-state index contributed by atoms with van der Waals surface area (Å²) in [6.07, 6.45) is 0. The predicted octanol–water partition coefficient (Wildman–Crippen LogP) is 13.1. The third-order valence-corrected chi connectivity index (χ3v) is 11.9. The van der Waals surface area contributed by atoms with Crippen LogP contribution < -0.4 is 15.8 Å². The highest BCUT2D eigenvalue weighted by Gasteiger charge is 2.31. The lowest BCUT2D eigenvalue weighted by molar-refractivity contribution is 0.669. The fraction of sp³-hybridized carbons (Fsp3) is 0.0189. The number of nitrogens with zero attached hydrogens (tertiary/aromatic N) is 1. The fourth-order valence-electron chi connectivity index (χ4n) is 9.21. The number of furan rings is 1. The normalized spacial score (nSPS) is 12.4. The highest BCUT2D eigenvalue weighted by atomic mass is 16.3. The van der Waals surface area contributed by atoms with Crippen LogP contribution in [0.1, 0.15) is 5.56 Å². The van der Waals surface area contributed by atoms with Gasteiger partial charge in [0.1, 0.15) is 5.58 Å². The van der Waals surface area contributed by atoms with E-state index in [2.05, 4.69) is 200 Å². The van der Waals surface area contributed by atoms with Crippen molar-refractivity contribution in [3.8, 4) is 33.4 Å². The zero-order valence-electron chi connectivity index (χ0n) is 31.3. The number of rotatable bonds is 4. The van der Waals surface area contributed by atoms with E-state index in [0.717, 1.165) is 61.0 Å². The van der Waals surface area contributed by atoms with Crippen molar-refractivity contribution in [1.82, 2.24) is 4.98 Å². The Morgan fingerprint density at radius 3 is 2.09 bits per heavy atom. The van der Waals surface area contributed by atoms with Crippen molar-refractivity contribution in [2.45, 2.75) is 6.92 Å². The number of fused-ring (bicyclic) bond motifs is 9. The lowest BCUT2D eigenvalue weighted by Crippen LogP contribution is -2.41. The van der Waals surface area contributed by atoms with Crippen molar-refractivity contribution in [2.75, 3.05) is 4.90 Å². The summed E-state index contributed by atoms with van der Waals surface area (Å²) < 4.78 is 6.80. The van der Waals surface area contributed by atoms with Crippen molar-refractivity contribution >= 4 is 89.8 Å². The van der Waals surface area contributed by atoms with E-state index in [1.165, 1.54) is 60.5 Å². The van der Waals surface area contributed by atoms with Crippen molar-refractivity contribution in [3.05, 3.63) is 188 Å². The van der Waals surface area contributed by atoms with Gasteiger partial charge in [0.25, 0.3) is 0 Å². The summed E-state index contributed by atoms with van der Waals surface area (Å²) in [7, 11) is 2.39. The van der Waals surface area contributed by atoms with Crippen molar-refractivity contribution in [2.24, 2.45) is 0 Å². The first-order valence-electron chi connectivity index (χ1n) is 19.6. The first-order chi connectivity index (χ1) is 28.2. The molecule has 0 bridgehead atoms. The van der Waals surface area contributed by atoms with Crippen LogP contribution in [0, 0.1) is 6.92 Å². The molecule has 1 radical (unpaired) electrons. The van der Waals surface area contributed by atoms with E-state index in [4.69, 9.17) is 4.42 Å². The third-order valence-electron chi connectivity index (χ3n) is 11.9. The first kappa shape index (κ1) is 32.0. The third kappa shape index (κ3) is 4.94. The highest BCUT2D eigenvalue weighted by Crippen LogP contribution is 2.46. The Labute approximate surface area is 330 Å². The zero-order valence-corrected chi connectivity index (χ0v) is 31.3. The molecule has 12 rings (SSSR count). The highest BCUT2D eigenvalue weighted by molar-refractivity contribution is 6.73. The van der Waals surface area contributed by atoms with Gasteiger partial charge < -0.3 is 14.3 Å². The molecule has 0 fully saturated rings. The average molecular weight is 726 g/mol. The monoisotopic (exact) mass is 725 g/mol. The Morgan fingerprint density at radius 2 is 1.19 bits per heavy atom. The summed E-state index contributed by atoms with van der Waals surface area (Å²) >= 11 is 0. The number of para-hydroxylation sites is 3. The molecule has 2 aromatic heterocycles. The van der Waals surface area contributed by atoms with Crippen molar-refractivity contribution in [1.29, 1.82) is 0 Å². The van der Waals surface area contributed by atoms with Crippen LogP contribution in [0.2, 0.25) is 0 Å². The molecule has 3 heterocycles. The van der Waals surface area contributed by atoms with Crippen LogP contribution >= 0.6 is 0 Å². The molecular formula is C53H34BN2O. The summed E-state index contributed by atoms with van der Waals surface area (Å²) in [4.78, 5) is 6.35. The minimum Gasteiger partial charge on any atom is -0.454 e. The number of aryl methyl sites for hydroxylation is 1. The summed E-state index contributed by atoms with van der Waals surface area (Å²) in [5, 5.41) is 7.14. The topological polar surface area (TPSA) is 32.2 Å². The molecule has 265 valence electrons. The molecule has 0 unspecified atom stereocenters. The van der Waals surface area contributed by atoms with Gasteiger partial charge in [0.05, 0.1) is 11.2 Å². The maximum absolute atomic E-state index is 6.80. The van der Waals surface area contributed by atoms with Gasteiger partial charge in [-0.05, 0) is 99.0 Å². The Balaban J connectivity index is 1.18. The largest absolute Gasteiger partial charge is 0.454 e. The molecule has 11 aromatic rings. The quantitative estimate of drug-likeness (QED) is 0.183. The number of anilines is 3. The van der Waals surface area contributed by atoms with E-state index in [-0.39, 0.29) is 0 Å². The molecule has 3 nitrogen and oxygen atoms in total. The van der Waals surface area contributed by atoms with Gasteiger partial charge in [0.2, 0.25) is 0 Å². The van der Waals surface area contributed by atoms with Gasteiger partial charge >= 0.3 is 0 Å². The summed E-state index contributed by atoms with van der Waals surface area (Å²) in [6.45, 7) is 2.21. The SMILES string of the molecule is Cc1ccccc1-c1cc(-c2cccc3c2[nH]c2cc4ccccc4cc23)c2c(c1)N(c1cccc3c1oc1ccccc13)c1cc(-c3ccccc3)ccc1[B]2. The molecule has 4 heteroatoms. The first-order valence-corrected chi connectivity index (χ1v) is 19.6. The van der Waals surface area contributed by atoms with Crippen molar-refractivity contribution < 1.29 is 4.42 Å². The zero-order chi connectivity index (χ0) is 37.6. The van der Waals surface area contributed by atoms with Crippen LogP contribution in [-0.4, -0.2) is 12.3 Å². The molecular weight excluding hydrogens is 691 g/mol. The fourth-order valence-corrected chi connectivity index (χ4v) is 9.21. The summed E-state index contributed by atoms with van der Waals surface area (Å²) in [5.74, 6) is 0. The number of hydrogen-bond donors (Lipinski definition) is 1. The number of H-pyrrole nitrogens is 1. The Hall–Kier alpha value is -7.30. The Bertz CT molecular complexity index is 3410. The lowest BCUT2D eigenvalue weighted by Gasteiger charge is -2.35. The number of aromatic nitrogens is 1. The van der Waals surface area contributed by atoms with Crippen LogP contribution in [0.25, 0.3) is 87.9 Å². The van der Waals surface area contributed by atoms with E-state index >= 15 is 0 Å². The van der Waals surface area contributed by atoms with Crippen molar-refractivity contribution in [3.63, 3.8) is 0 Å². The van der Waals surface area contributed by atoms with Crippen LogP contribution in [-0.2, 0) is 0 Å². The standard InChI is InChI=1S/C53H34BN2O/c1-32-13-5-8-18-38(32)37-28-44(41-21-11-20-40-43-27-34-16-6-7-17-35(34)29-46(43)55-52(40)41)51-49(31-37)56(47-23-12-22-42-39-19-9-10-24-50(39)57-53(42)47)48-30-36(25-26-45(48)54-51)33-14-3-2-4-15-33/h2-31,55H,1H3. The Kier molecular flexibility index (Phi) is 6.94. The van der Waals surface area contributed by atoms with Gasteiger partial charge in [0, 0.05) is 44.0 Å². The van der Waals surface area contributed by atoms with Gasteiger partial charge in [-0.2, -0.15) is 0 Å². The predicted molar refractivity (Wildman–Crippen MR) is 241 cm³/mol. The van der Waals surface area contributed by atoms with Crippen LogP contribution in [0.4, 0.5) is 17.1 Å². The van der Waals surface area contributed by atoms with E-state index in [1.807, 2.05) is 6.07 Å². The van der Waals surface area contributed by atoms with Crippen LogP contribution in [0.15, 0.2) is 186 Å². The number of hydrogen-bond acceptors (Lipinski definition) is 2. The van der Waals surface area contributed by atoms with Gasteiger partial charge in [-0.1, -0.05) is 145 Å². The molecule has 0 atom stereocenters. The molecule has 0 saturated carbocycles. The second-order valence-electron chi connectivity index (χ2n) is 15.2. The van der Waals surface area contributed by atoms with E-state index < -0.39 is 0 Å². The maximum Gasteiger partial charge on any atom is 0.197 e. The summed E-state index contributed by atoms with van der Waals surface area (Å²) in [5.41, 5.74) is 17.9. The van der Waals surface area contributed by atoms with Crippen LogP contribution in [0.3, 0.4) is 0 Å². The minimum atomic E-state index is 0.871. The number of aromatic amines is 1. The second kappa shape index (κ2) is 12.4. The van der Waals surface area contributed by atoms with E-state index in [0.29, 0.717) is 0 Å². The van der Waals surface area contributed by atoms with E-state index in [1.54, 1.807) is 0 Å². The Morgan fingerprint density at radius 1 is 0.474 bits per heavy atom. The lowest BCUT2D eigenvalue weighted by atomic mass is 9.57. The molecule has 0 saturated heterocycles. The van der Waals surface area contributed by atoms with Crippen LogP contribution in [0.5, 0.6) is 0 Å². The minimum absolute atomic E-state index is 0.871. The molecule has 0 amide bonds. The van der Waals surface area contributed by atoms with Gasteiger partial charge in [-0.3, -0.25) is 0 Å². The number of nitrogens with one attached hydrogen (secondary N) is 1. The molecule has 57 heavy (non-hydrogen) atoms. The van der Waals surface area contributed by atoms with E-state index in [9.17, 15) is 0 Å². The molecule has 1 aliphatic heterocycles. The van der Waals surface area contributed by atoms with Gasteiger partial charge in [-0.15, -0.1) is 0 Å². The maximum atomic E-state index is 6.80. The average Bonchev–Trinajstić information content (AvgIpc) is 3.83. The molecule has 9 aromatic carbocycles. The summed E-state index contributed by atoms with van der Waals surface area (Å²) in [6, 6.07) is 65.9. The second-order valence-corrected chi connectivity index (χ2v) is 15.2. The molecule has 1 N–H and O–H groups in total. The molecule has 0 aliphatic carbocycles. The smallest absolute Gasteiger partial charge is 0.197 e. The van der Waals surface area contributed by atoms with Gasteiger partial charge in [-0.25, -0.2) is 0 Å². The number of benzene rings is 9. The molecule has 0 spiro atoms. The molecule has 1 aliphatic rings. The van der Waals surface area contributed by atoms with Gasteiger partial charge in [0.15, 0.2) is 12.9 Å².